The lowest BCUT2D eigenvalue weighted by molar-refractivity contribution is -0.188. The van der Waals surface area contributed by atoms with Crippen LogP contribution < -0.4 is 0 Å². The predicted octanol–water partition coefficient (Wildman–Crippen LogP) is 5.03. The van der Waals surface area contributed by atoms with Gasteiger partial charge in [0.15, 0.2) is 0 Å². The lowest BCUT2D eigenvalue weighted by Crippen LogP contribution is -2.43. The molecule has 1 atom stereocenters. The summed E-state index contributed by atoms with van der Waals surface area (Å²) < 4.78 is 39.5. The summed E-state index contributed by atoms with van der Waals surface area (Å²) in [5, 5.41) is 0. The van der Waals surface area contributed by atoms with E-state index in [0.717, 1.165) is 28.8 Å². The molecule has 120 valence electrons. The lowest BCUT2D eigenvalue weighted by atomic mass is 9.93. The minimum Gasteiger partial charge on any atom is -0.292 e. The van der Waals surface area contributed by atoms with Crippen LogP contribution in [0, 0.1) is 5.92 Å². The summed E-state index contributed by atoms with van der Waals surface area (Å²) in [4.78, 5) is 2.02. The van der Waals surface area contributed by atoms with Crippen LogP contribution >= 0.6 is 0 Å². The Morgan fingerprint density at radius 2 is 1.43 bits per heavy atom. The zero-order chi connectivity index (χ0) is 16.0. The summed E-state index contributed by atoms with van der Waals surface area (Å²) in [6, 6.07) is 16.1. The van der Waals surface area contributed by atoms with Gasteiger partial charge in [-0.05, 0) is 41.6 Å². The molecule has 0 saturated carbocycles. The molecule has 0 unspecified atom stereocenters. The Morgan fingerprint density at radius 3 is 2.00 bits per heavy atom. The maximum Gasteiger partial charge on any atom is 0.393 e. The number of rotatable bonds is 1. The van der Waals surface area contributed by atoms with E-state index in [9.17, 15) is 13.2 Å². The van der Waals surface area contributed by atoms with Crippen molar-refractivity contribution in [3.8, 4) is 11.1 Å². The second-order valence-electron chi connectivity index (χ2n) is 6.45. The van der Waals surface area contributed by atoms with Gasteiger partial charge in [0.2, 0.25) is 0 Å². The number of benzene rings is 2. The fraction of sp³-hybridized carbons (Fsp3) is 0.368. The molecule has 0 amide bonds. The molecule has 2 aliphatic rings. The van der Waals surface area contributed by atoms with Crippen LogP contribution in [0.4, 0.5) is 13.2 Å². The van der Waals surface area contributed by atoms with E-state index in [0.29, 0.717) is 6.42 Å². The van der Waals surface area contributed by atoms with Crippen LogP contribution in [-0.2, 0) is 0 Å². The second kappa shape index (κ2) is 5.38. The highest BCUT2D eigenvalue weighted by molar-refractivity contribution is 5.78. The summed E-state index contributed by atoms with van der Waals surface area (Å²) in [7, 11) is 0. The normalized spacial score (nSPS) is 22.0. The molecule has 4 rings (SSSR count). The summed E-state index contributed by atoms with van der Waals surface area (Å²) in [6.07, 6.45) is -3.25. The summed E-state index contributed by atoms with van der Waals surface area (Å²) >= 11 is 0. The van der Waals surface area contributed by atoms with Gasteiger partial charge in [0.1, 0.15) is 0 Å². The number of likely N-dealkylation sites (tertiary alicyclic amines) is 1. The lowest BCUT2D eigenvalue weighted by Gasteiger charge is -2.38. The fourth-order valence-electron chi connectivity index (χ4n) is 4.03. The van der Waals surface area contributed by atoms with Gasteiger partial charge >= 0.3 is 6.18 Å². The maximum atomic E-state index is 13.2. The van der Waals surface area contributed by atoms with Crippen LogP contribution in [0.5, 0.6) is 0 Å². The molecular formula is C19H18F3N. The molecule has 1 aliphatic carbocycles. The predicted molar refractivity (Wildman–Crippen MR) is 84.1 cm³/mol. The molecule has 1 aliphatic heterocycles. The first-order valence-corrected chi connectivity index (χ1v) is 8.04. The Balaban J connectivity index is 1.74. The summed E-state index contributed by atoms with van der Waals surface area (Å²) in [6.45, 7) is 0.816. The summed E-state index contributed by atoms with van der Waals surface area (Å²) in [5.41, 5.74) is 4.58. The van der Waals surface area contributed by atoms with Crippen LogP contribution in [0.15, 0.2) is 48.5 Å². The van der Waals surface area contributed by atoms with E-state index in [1.165, 1.54) is 0 Å². The number of halogens is 3. The molecule has 1 nitrogen and oxygen atoms in total. The van der Waals surface area contributed by atoms with E-state index in [-0.39, 0.29) is 19.0 Å². The highest BCUT2D eigenvalue weighted by Gasteiger charge is 2.44. The smallest absolute Gasteiger partial charge is 0.292 e. The number of hydrogen-bond donors (Lipinski definition) is 0. The molecule has 0 bridgehead atoms. The zero-order valence-corrected chi connectivity index (χ0v) is 12.7. The van der Waals surface area contributed by atoms with Gasteiger partial charge in [-0.1, -0.05) is 48.5 Å². The molecule has 1 saturated heterocycles. The van der Waals surface area contributed by atoms with Gasteiger partial charge in [0.05, 0.1) is 12.0 Å². The molecule has 0 spiro atoms. The first-order valence-electron chi connectivity index (χ1n) is 8.04. The molecule has 0 N–H and O–H groups in total. The minimum absolute atomic E-state index is 0.0486. The SMILES string of the molecule is FC(F)(F)[C@@H]1CCCN(C2c3ccccc3-c3ccccc32)C1. The second-order valence-corrected chi connectivity index (χ2v) is 6.45. The van der Waals surface area contributed by atoms with E-state index in [1.54, 1.807) is 0 Å². The van der Waals surface area contributed by atoms with Gasteiger partial charge in [-0.2, -0.15) is 13.2 Å². The van der Waals surface area contributed by atoms with Crippen LogP contribution in [0.1, 0.15) is 30.0 Å². The molecule has 1 heterocycles. The van der Waals surface area contributed by atoms with Gasteiger partial charge < -0.3 is 0 Å². The molecule has 2 aromatic rings. The number of piperidine rings is 1. The third-order valence-electron chi connectivity index (χ3n) is 5.08. The van der Waals surface area contributed by atoms with Crippen molar-refractivity contribution in [2.45, 2.75) is 25.1 Å². The zero-order valence-electron chi connectivity index (χ0n) is 12.7. The van der Waals surface area contributed by atoms with E-state index in [1.807, 2.05) is 29.2 Å². The number of fused-ring (bicyclic) bond motifs is 3. The number of nitrogens with zero attached hydrogens (tertiary/aromatic N) is 1. The van der Waals surface area contributed by atoms with Crippen LogP contribution in [-0.4, -0.2) is 24.2 Å². The highest BCUT2D eigenvalue weighted by atomic mass is 19.4. The largest absolute Gasteiger partial charge is 0.393 e. The molecule has 2 aromatic carbocycles. The first kappa shape index (κ1) is 14.8. The highest BCUT2D eigenvalue weighted by Crippen LogP contribution is 2.48. The van der Waals surface area contributed by atoms with Crippen LogP contribution in [0.25, 0.3) is 11.1 Å². The summed E-state index contributed by atoms with van der Waals surface area (Å²) in [5.74, 6) is -1.21. The van der Waals surface area contributed by atoms with Crippen LogP contribution in [0.3, 0.4) is 0 Å². The van der Waals surface area contributed by atoms with Crippen molar-refractivity contribution >= 4 is 0 Å². The Kier molecular flexibility index (Phi) is 3.45. The maximum absolute atomic E-state index is 13.2. The molecule has 1 fully saturated rings. The fourth-order valence-corrected chi connectivity index (χ4v) is 4.03. The van der Waals surface area contributed by atoms with E-state index >= 15 is 0 Å². The number of alkyl halides is 3. The van der Waals surface area contributed by atoms with Crippen molar-refractivity contribution in [1.82, 2.24) is 4.90 Å². The Labute approximate surface area is 133 Å². The van der Waals surface area contributed by atoms with Crippen molar-refractivity contribution in [2.75, 3.05) is 13.1 Å². The molecule has 0 aromatic heterocycles. The molecule has 0 radical (unpaired) electrons. The van der Waals surface area contributed by atoms with E-state index < -0.39 is 12.1 Å². The van der Waals surface area contributed by atoms with Gasteiger partial charge in [-0.15, -0.1) is 0 Å². The average molecular weight is 317 g/mol. The monoisotopic (exact) mass is 317 g/mol. The number of hydrogen-bond acceptors (Lipinski definition) is 1. The third-order valence-corrected chi connectivity index (χ3v) is 5.08. The van der Waals surface area contributed by atoms with E-state index in [2.05, 4.69) is 24.3 Å². The quantitative estimate of drug-likeness (QED) is 0.713. The van der Waals surface area contributed by atoms with Gasteiger partial charge in [-0.3, -0.25) is 4.90 Å². The van der Waals surface area contributed by atoms with Crippen molar-refractivity contribution in [2.24, 2.45) is 5.92 Å². The van der Waals surface area contributed by atoms with Crippen molar-refractivity contribution in [3.05, 3.63) is 59.7 Å². The van der Waals surface area contributed by atoms with E-state index in [4.69, 9.17) is 0 Å². The minimum atomic E-state index is -4.10. The molecule has 23 heavy (non-hydrogen) atoms. The third kappa shape index (κ3) is 2.45. The van der Waals surface area contributed by atoms with Gasteiger partial charge in [0, 0.05) is 6.54 Å². The first-order chi connectivity index (χ1) is 11.1. The van der Waals surface area contributed by atoms with Crippen molar-refractivity contribution in [3.63, 3.8) is 0 Å². The topological polar surface area (TPSA) is 3.24 Å². The van der Waals surface area contributed by atoms with Crippen molar-refractivity contribution < 1.29 is 13.2 Å². The standard InChI is InChI=1S/C19H18F3N/c20-19(21,22)13-6-5-11-23(12-13)18-16-9-3-1-7-14(16)15-8-2-4-10-17(15)18/h1-4,7-10,13,18H,5-6,11-12H2/t13-/m1/s1. The van der Waals surface area contributed by atoms with Gasteiger partial charge in [0.25, 0.3) is 0 Å². The van der Waals surface area contributed by atoms with Gasteiger partial charge in [-0.25, -0.2) is 0 Å². The molecular weight excluding hydrogens is 299 g/mol. The Hall–Kier alpha value is -1.81. The molecule has 4 heteroatoms. The van der Waals surface area contributed by atoms with Crippen molar-refractivity contribution in [1.29, 1.82) is 0 Å². The average Bonchev–Trinajstić information content (AvgIpc) is 2.89. The Morgan fingerprint density at radius 1 is 0.870 bits per heavy atom. The Bertz CT molecular complexity index is 677. The van der Waals surface area contributed by atoms with Crippen LogP contribution in [0.2, 0.25) is 0 Å².